The SMILES string of the molecule is Cc1nc(CNC(=O)N2CC3CCC2C3)sc1C(=O)O. The van der Waals surface area contributed by atoms with Crippen molar-refractivity contribution in [3.63, 3.8) is 0 Å². The van der Waals surface area contributed by atoms with Crippen LogP contribution in [0.25, 0.3) is 0 Å². The summed E-state index contributed by atoms with van der Waals surface area (Å²) in [4.78, 5) is 29.4. The van der Waals surface area contributed by atoms with Gasteiger partial charge >= 0.3 is 12.0 Å². The van der Waals surface area contributed by atoms with Crippen molar-refractivity contribution in [2.45, 2.75) is 38.8 Å². The lowest BCUT2D eigenvalue weighted by Gasteiger charge is -2.26. The minimum atomic E-state index is -0.963. The zero-order valence-corrected chi connectivity index (χ0v) is 12.1. The summed E-state index contributed by atoms with van der Waals surface area (Å²) in [6, 6.07) is 0.342. The van der Waals surface area contributed by atoms with E-state index in [1.807, 2.05) is 4.90 Å². The summed E-state index contributed by atoms with van der Waals surface area (Å²) in [5.41, 5.74) is 0.506. The van der Waals surface area contributed by atoms with E-state index in [0.717, 1.165) is 30.7 Å². The maximum absolute atomic E-state index is 12.1. The Hall–Kier alpha value is -1.63. The molecule has 20 heavy (non-hydrogen) atoms. The van der Waals surface area contributed by atoms with Crippen molar-refractivity contribution in [3.8, 4) is 0 Å². The van der Waals surface area contributed by atoms with Crippen LogP contribution in [0.2, 0.25) is 0 Å². The molecule has 2 aliphatic rings. The molecule has 6 nitrogen and oxygen atoms in total. The Morgan fingerprint density at radius 2 is 2.30 bits per heavy atom. The number of hydrogen-bond acceptors (Lipinski definition) is 4. The predicted octanol–water partition coefficient (Wildman–Crippen LogP) is 1.84. The van der Waals surface area contributed by atoms with Gasteiger partial charge in [-0.05, 0) is 32.1 Å². The van der Waals surface area contributed by atoms with E-state index in [9.17, 15) is 9.59 Å². The number of carboxylic acids is 1. The highest BCUT2D eigenvalue weighted by atomic mass is 32.1. The molecule has 1 aromatic heterocycles. The normalized spacial score (nSPS) is 24.1. The Balaban J connectivity index is 1.58. The van der Waals surface area contributed by atoms with E-state index in [0.29, 0.717) is 29.2 Å². The van der Waals surface area contributed by atoms with E-state index in [1.54, 1.807) is 6.92 Å². The Kier molecular flexibility index (Phi) is 3.37. The topological polar surface area (TPSA) is 82.5 Å². The fourth-order valence-electron chi connectivity index (χ4n) is 3.15. The number of hydrogen-bond donors (Lipinski definition) is 2. The molecule has 2 amide bonds. The van der Waals surface area contributed by atoms with Gasteiger partial charge in [-0.3, -0.25) is 0 Å². The smallest absolute Gasteiger partial charge is 0.347 e. The summed E-state index contributed by atoms with van der Waals surface area (Å²) in [5.74, 6) is -0.291. The van der Waals surface area contributed by atoms with Gasteiger partial charge in [-0.25, -0.2) is 14.6 Å². The lowest BCUT2D eigenvalue weighted by molar-refractivity contribution is 0.0701. The third-order valence-corrected chi connectivity index (χ3v) is 5.24. The molecule has 1 saturated heterocycles. The summed E-state index contributed by atoms with van der Waals surface area (Å²) in [6.45, 7) is 2.82. The largest absolute Gasteiger partial charge is 0.477 e. The van der Waals surface area contributed by atoms with Crippen LogP contribution in [0.1, 0.15) is 39.6 Å². The molecule has 2 bridgehead atoms. The number of urea groups is 1. The first kappa shape index (κ1) is 13.4. The van der Waals surface area contributed by atoms with Crippen molar-refractivity contribution < 1.29 is 14.7 Å². The van der Waals surface area contributed by atoms with Crippen LogP contribution in [0.3, 0.4) is 0 Å². The number of fused-ring (bicyclic) bond motifs is 2. The highest BCUT2D eigenvalue weighted by Gasteiger charge is 2.40. The molecule has 3 rings (SSSR count). The van der Waals surface area contributed by atoms with Gasteiger partial charge in [0.15, 0.2) is 0 Å². The maximum Gasteiger partial charge on any atom is 0.347 e. The van der Waals surface area contributed by atoms with E-state index < -0.39 is 5.97 Å². The van der Waals surface area contributed by atoms with Crippen LogP contribution in [0.4, 0.5) is 4.79 Å². The van der Waals surface area contributed by atoms with Gasteiger partial charge in [0.25, 0.3) is 0 Å². The number of likely N-dealkylation sites (tertiary alicyclic amines) is 1. The van der Waals surface area contributed by atoms with Crippen LogP contribution in [-0.4, -0.2) is 39.6 Å². The minimum Gasteiger partial charge on any atom is -0.477 e. The number of piperidine rings is 1. The molecular weight excluding hydrogens is 278 g/mol. The summed E-state index contributed by atoms with van der Waals surface area (Å²) < 4.78 is 0. The van der Waals surface area contributed by atoms with Gasteiger partial charge in [0, 0.05) is 12.6 Å². The molecule has 0 aromatic carbocycles. The van der Waals surface area contributed by atoms with Gasteiger partial charge in [-0.15, -0.1) is 11.3 Å². The van der Waals surface area contributed by atoms with Gasteiger partial charge in [-0.2, -0.15) is 0 Å². The molecule has 1 saturated carbocycles. The summed E-state index contributed by atoms with van der Waals surface area (Å²) in [5, 5.41) is 12.5. The van der Waals surface area contributed by atoms with Crippen LogP contribution in [0.15, 0.2) is 0 Å². The second kappa shape index (κ2) is 5.05. The average molecular weight is 295 g/mol. The molecule has 2 atom stereocenters. The summed E-state index contributed by atoms with van der Waals surface area (Å²) >= 11 is 1.12. The number of amides is 2. The molecule has 0 radical (unpaired) electrons. The lowest BCUT2D eigenvalue weighted by atomic mass is 10.1. The first-order chi connectivity index (χ1) is 9.54. The Morgan fingerprint density at radius 1 is 1.50 bits per heavy atom. The third-order valence-electron chi connectivity index (χ3n) is 4.10. The number of nitrogens with one attached hydrogen (secondary N) is 1. The number of aromatic carboxylic acids is 1. The van der Waals surface area contributed by atoms with Crippen molar-refractivity contribution in [3.05, 3.63) is 15.6 Å². The minimum absolute atomic E-state index is 0.0538. The standard InChI is InChI=1S/C13H17N3O3S/c1-7-11(12(17)18)20-10(15-7)5-14-13(19)16-6-8-2-3-9(16)4-8/h8-9H,2-6H2,1H3,(H,14,19)(H,17,18). The van der Waals surface area contributed by atoms with Crippen LogP contribution in [0.5, 0.6) is 0 Å². The molecular formula is C13H17N3O3S. The van der Waals surface area contributed by atoms with Gasteiger partial charge in [0.2, 0.25) is 0 Å². The Morgan fingerprint density at radius 3 is 2.85 bits per heavy atom. The van der Waals surface area contributed by atoms with Gasteiger partial charge in [0.1, 0.15) is 9.88 Å². The van der Waals surface area contributed by atoms with E-state index in [4.69, 9.17) is 5.11 Å². The first-order valence-corrected chi connectivity index (χ1v) is 7.60. The van der Waals surface area contributed by atoms with Crippen molar-refractivity contribution in [2.75, 3.05) is 6.54 Å². The van der Waals surface area contributed by atoms with Crippen LogP contribution in [-0.2, 0) is 6.54 Å². The zero-order valence-electron chi connectivity index (χ0n) is 11.3. The predicted molar refractivity (Wildman–Crippen MR) is 73.9 cm³/mol. The molecule has 1 aromatic rings. The number of carboxylic acid groups (broad SMARTS) is 1. The molecule has 2 heterocycles. The fraction of sp³-hybridized carbons (Fsp3) is 0.615. The number of aromatic nitrogens is 1. The highest BCUT2D eigenvalue weighted by molar-refractivity contribution is 7.13. The molecule has 2 fully saturated rings. The van der Waals surface area contributed by atoms with Gasteiger partial charge in [0.05, 0.1) is 12.2 Å². The number of rotatable bonds is 3. The monoisotopic (exact) mass is 295 g/mol. The third kappa shape index (κ3) is 2.37. The van der Waals surface area contributed by atoms with E-state index in [1.165, 1.54) is 6.42 Å². The van der Waals surface area contributed by atoms with Gasteiger partial charge < -0.3 is 15.3 Å². The number of nitrogens with zero attached hydrogens (tertiary/aromatic N) is 2. The number of thiazole rings is 1. The number of carbonyl (C=O) groups excluding carboxylic acids is 1. The van der Waals surface area contributed by atoms with Crippen molar-refractivity contribution in [1.82, 2.24) is 15.2 Å². The van der Waals surface area contributed by atoms with Crippen molar-refractivity contribution in [1.29, 1.82) is 0 Å². The second-order valence-electron chi connectivity index (χ2n) is 5.47. The molecule has 1 aliphatic carbocycles. The quantitative estimate of drug-likeness (QED) is 0.891. The van der Waals surface area contributed by atoms with E-state index >= 15 is 0 Å². The van der Waals surface area contributed by atoms with E-state index in [-0.39, 0.29) is 10.9 Å². The summed E-state index contributed by atoms with van der Waals surface area (Å²) in [7, 11) is 0. The van der Waals surface area contributed by atoms with Crippen molar-refractivity contribution in [2.24, 2.45) is 5.92 Å². The lowest BCUT2D eigenvalue weighted by Crippen LogP contribution is -2.43. The molecule has 0 spiro atoms. The first-order valence-electron chi connectivity index (χ1n) is 6.78. The average Bonchev–Trinajstić information content (AvgIpc) is 3.10. The molecule has 2 N–H and O–H groups in total. The van der Waals surface area contributed by atoms with Crippen LogP contribution in [0, 0.1) is 12.8 Å². The maximum atomic E-state index is 12.1. The molecule has 2 unspecified atom stereocenters. The zero-order chi connectivity index (χ0) is 14.3. The van der Waals surface area contributed by atoms with Crippen LogP contribution < -0.4 is 5.32 Å². The molecule has 1 aliphatic heterocycles. The Bertz CT molecular complexity index is 557. The molecule has 7 heteroatoms. The molecule has 108 valence electrons. The summed E-state index contributed by atoms with van der Waals surface area (Å²) in [6.07, 6.45) is 3.48. The van der Waals surface area contributed by atoms with Gasteiger partial charge in [-0.1, -0.05) is 0 Å². The Labute approximate surface area is 120 Å². The number of carbonyl (C=O) groups is 2. The van der Waals surface area contributed by atoms with Crippen molar-refractivity contribution >= 4 is 23.3 Å². The second-order valence-corrected chi connectivity index (χ2v) is 6.55. The number of aryl methyl sites for hydroxylation is 1. The van der Waals surface area contributed by atoms with Crippen LogP contribution >= 0.6 is 11.3 Å². The van der Waals surface area contributed by atoms with E-state index in [2.05, 4.69) is 10.3 Å². The highest BCUT2D eigenvalue weighted by Crippen LogP contribution is 2.37. The fourth-order valence-corrected chi connectivity index (χ4v) is 4.00.